The van der Waals surface area contributed by atoms with Crippen molar-refractivity contribution in [2.45, 2.75) is 64.2 Å². The summed E-state index contributed by atoms with van der Waals surface area (Å²) in [5.74, 6) is 0.704. The zero-order chi connectivity index (χ0) is 25.6. The van der Waals surface area contributed by atoms with Crippen LogP contribution in [-0.2, 0) is 28.7 Å². The highest BCUT2D eigenvalue weighted by Crippen LogP contribution is 2.60. The van der Waals surface area contributed by atoms with Crippen LogP contribution in [0.25, 0.3) is 0 Å². The number of hydrogen-bond acceptors (Lipinski definition) is 7. The van der Waals surface area contributed by atoms with Gasteiger partial charge in [-0.3, -0.25) is 19.2 Å². The lowest BCUT2D eigenvalue weighted by molar-refractivity contribution is -0.172. The highest BCUT2D eigenvalue weighted by Gasteiger charge is 2.57. The SMILES string of the molecule is COC(CN(C(=O)C12CC3CC(CC(C3)C1)C2)C1CC(=O)N(c2ccc(OC(C)=O)cc2)C1=O)OC. The molecule has 1 unspecified atom stereocenters. The molecule has 9 heteroatoms. The number of ether oxygens (including phenoxy) is 3. The smallest absolute Gasteiger partial charge is 0.308 e. The molecule has 3 amide bonds. The minimum atomic E-state index is -0.918. The molecule has 1 atom stereocenters. The zero-order valence-electron chi connectivity index (χ0n) is 21.1. The Hall–Kier alpha value is -2.78. The molecule has 5 aliphatic rings. The summed E-state index contributed by atoms with van der Waals surface area (Å²) in [5, 5.41) is 0. The number of carbonyl (C=O) groups is 4. The molecule has 4 aliphatic carbocycles. The number of nitrogens with zero attached hydrogens (tertiary/aromatic N) is 2. The van der Waals surface area contributed by atoms with E-state index in [-0.39, 0.29) is 24.8 Å². The molecule has 0 spiro atoms. The molecule has 1 aliphatic heterocycles. The third-order valence-electron chi connectivity index (χ3n) is 8.48. The van der Waals surface area contributed by atoms with Crippen LogP contribution >= 0.6 is 0 Å². The molecule has 36 heavy (non-hydrogen) atoms. The van der Waals surface area contributed by atoms with Gasteiger partial charge in [0.15, 0.2) is 6.29 Å². The van der Waals surface area contributed by atoms with Gasteiger partial charge in [0.1, 0.15) is 11.8 Å². The summed E-state index contributed by atoms with van der Waals surface area (Å²) in [6, 6.07) is 5.28. The largest absolute Gasteiger partial charge is 0.427 e. The van der Waals surface area contributed by atoms with Crippen molar-refractivity contribution in [2.24, 2.45) is 23.2 Å². The van der Waals surface area contributed by atoms with E-state index in [1.807, 2.05) is 0 Å². The average Bonchev–Trinajstić information content (AvgIpc) is 3.12. The van der Waals surface area contributed by atoms with Crippen molar-refractivity contribution < 1.29 is 33.4 Å². The second-order valence-corrected chi connectivity index (χ2v) is 10.9. The molecule has 9 nitrogen and oxygen atoms in total. The molecular weight excluding hydrogens is 464 g/mol. The monoisotopic (exact) mass is 498 g/mol. The second kappa shape index (κ2) is 9.59. The Bertz CT molecular complexity index is 1010. The Balaban J connectivity index is 1.42. The highest BCUT2D eigenvalue weighted by atomic mass is 16.7. The standard InChI is InChI=1S/C27H34N2O7/c1-16(30)36-21-6-4-20(5-7-21)29-23(31)11-22(25(29)32)28(15-24(34-2)35-3)26(33)27-12-17-8-18(13-27)10-19(9-17)14-27/h4-7,17-19,22,24H,8-15H2,1-3H3. The Morgan fingerprint density at radius 1 is 1.00 bits per heavy atom. The Labute approximate surface area is 211 Å². The number of rotatable bonds is 8. The molecule has 1 aromatic rings. The number of anilines is 1. The van der Waals surface area contributed by atoms with Gasteiger partial charge in [-0.25, -0.2) is 4.90 Å². The summed E-state index contributed by atoms with van der Waals surface area (Å²) in [5.41, 5.74) is -0.0934. The van der Waals surface area contributed by atoms with E-state index in [1.165, 1.54) is 52.5 Å². The van der Waals surface area contributed by atoms with Crippen molar-refractivity contribution in [3.63, 3.8) is 0 Å². The van der Waals surface area contributed by atoms with Crippen LogP contribution in [0.4, 0.5) is 5.69 Å². The zero-order valence-corrected chi connectivity index (χ0v) is 21.1. The summed E-state index contributed by atoms with van der Waals surface area (Å²) in [4.78, 5) is 54.9. The van der Waals surface area contributed by atoms with Gasteiger partial charge in [0, 0.05) is 21.1 Å². The van der Waals surface area contributed by atoms with Gasteiger partial charge >= 0.3 is 5.97 Å². The predicted octanol–water partition coefficient (Wildman–Crippen LogP) is 2.91. The fourth-order valence-electron chi connectivity index (χ4n) is 7.39. The summed E-state index contributed by atoms with van der Waals surface area (Å²) in [6.45, 7) is 1.38. The van der Waals surface area contributed by atoms with Crippen LogP contribution < -0.4 is 9.64 Å². The molecule has 4 saturated carbocycles. The molecule has 0 aromatic heterocycles. The van der Waals surface area contributed by atoms with Crippen molar-refractivity contribution in [1.29, 1.82) is 0 Å². The molecule has 0 N–H and O–H groups in total. The Morgan fingerprint density at radius 2 is 1.56 bits per heavy atom. The minimum Gasteiger partial charge on any atom is -0.427 e. The molecule has 4 bridgehead atoms. The number of methoxy groups -OCH3 is 2. The van der Waals surface area contributed by atoms with E-state index >= 15 is 0 Å². The predicted molar refractivity (Wildman–Crippen MR) is 129 cm³/mol. The van der Waals surface area contributed by atoms with Crippen LogP contribution in [0, 0.1) is 23.2 Å². The summed E-state index contributed by atoms with van der Waals surface area (Å²) < 4.78 is 15.9. The number of hydrogen-bond donors (Lipinski definition) is 0. The molecule has 5 fully saturated rings. The van der Waals surface area contributed by atoms with E-state index in [1.54, 1.807) is 17.0 Å². The Kier molecular flexibility index (Phi) is 6.63. The number of imide groups is 1. The van der Waals surface area contributed by atoms with Crippen LogP contribution in [0.2, 0.25) is 0 Å². The molecule has 1 aromatic carbocycles. The van der Waals surface area contributed by atoms with Gasteiger partial charge in [0.25, 0.3) is 5.91 Å². The summed E-state index contributed by atoms with van der Waals surface area (Å²) in [7, 11) is 3.00. The fourth-order valence-corrected chi connectivity index (χ4v) is 7.39. The first-order valence-electron chi connectivity index (χ1n) is 12.7. The topological polar surface area (TPSA) is 102 Å². The maximum atomic E-state index is 14.3. The first-order chi connectivity index (χ1) is 17.2. The van der Waals surface area contributed by atoms with Crippen molar-refractivity contribution in [1.82, 2.24) is 4.90 Å². The normalized spacial score (nSPS) is 30.8. The van der Waals surface area contributed by atoms with Crippen molar-refractivity contribution >= 4 is 29.4 Å². The summed E-state index contributed by atoms with van der Waals surface area (Å²) >= 11 is 0. The first-order valence-corrected chi connectivity index (χ1v) is 12.7. The van der Waals surface area contributed by atoms with E-state index in [2.05, 4.69) is 0 Å². The van der Waals surface area contributed by atoms with E-state index in [9.17, 15) is 19.2 Å². The van der Waals surface area contributed by atoms with Gasteiger partial charge in [-0.1, -0.05) is 0 Å². The van der Waals surface area contributed by atoms with E-state index in [0.29, 0.717) is 29.2 Å². The fraction of sp³-hybridized carbons (Fsp3) is 0.630. The average molecular weight is 499 g/mol. The van der Waals surface area contributed by atoms with Crippen molar-refractivity contribution in [2.75, 3.05) is 25.7 Å². The highest BCUT2D eigenvalue weighted by molar-refractivity contribution is 6.23. The molecule has 0 radical (unpaired) electrons. The van der Waals surface area contributed by atoms with Gasteiger partial charge in [0.05, 0.1) is 24.1 Å². The third kappa shape index (κ3) is 4.43. The minimum absolute atomic E-state index is 0.0427. The second-order valence-electron chi connectivity index (χ2n) is 10.9. The van der Waals surface area contributed by atoms with Gasteiger partial charge in [-0.2, -0.15) is 0 Å². The molecule has 194 valence electrons. The van der Waals surface area contributed by atoms with Gasteiger partial charge < -0.3 is 19.1 Å². The quantitative estimate of drug-likeness (QED) is 0.235. The van der Waals surface area contributed by atoms with E-state index < -0.39 is 29.6 Å². The van der Waals surface area contributed by atoms with Crippen molar-refractivity contribution in [3.8, 4) is 5.75 Å². The first kappa shape index (κ1) is 24.9. The Morgan fingerprint density at radius 3 is 2.06 bits per heavy atom. The number of esters is 1. The third-order valence-corrected chi connectivity index (χ3v) is 8.48. The van der Waals surface area contributed by atoms with Crippen LogP contribution in [0.5, 0.6) is 5.75 Å². The van der Waals surface area contributed by atoms with Crippen LogP contribution in [-0.4, -0.2) is 61.7 Å². The number of amides is 3. The lowest BCUT2D eigenvalue weighted by Gasteiger charge is -2.57. The number of benzene rings is 1. The lowest BCUT2D eigenvalue weighted by atomic mass is 9.49. The molecule has 1 saturated heterocycles. The molecular formula is C27H34N2O7. The van der Waals surface area contributed by atoms with Crippen LogP contribution in [0.3, 0.4) is 0 Å². The maximum absolute atomic E-state index is 14.3. The van der Waals surface area contributed by atoms with E-state index in [4.69, 9.17) is 14.2 Å². The van der Waals surface area contributed by atoms with Gasteiger partial charge in [-0.15, -0.1) is 0 Å². The molecule has 1 heterocycles. The van der Waals surface area contributed by atoms with Gasteiger partial charge in [-0.05, 0) is 80.5 Å². The molecule has 6 rings (SSSR count). The van der Waals surface area contributed by atoms with Crippen LogP contribution in [0.15, 0.2) is 24.3 Å². The van der Waals surface area contributed by atoms with Crippen molar-refractivity contribution in [3.05, 3.63) is 24.3 Å². The lowest BCUT2D eigenvalue weighted by Crippen LogP contribution is -2.59. The van der Waals surface area contributed by atoms with E-state index in [0.717, 1.165) is 24.2 Å². The number of carbonyl (C=O) groups excluding carboxylic acids is 4. The van der Waals surface area contributed by atoms with Gasteiger partial charge in [0.2, 0.25) is 11.8 Å². The summed E-state index contributed by atoms with van der Waals surface area (Å²) in [6.07, 6.45) is 5.36. The van der Waals surface area contributed by atoms with Crippen LogP contribution in [0.1, 0.15) is 51.9 Å². The maximum Gasteiger partial charge on any atom is 0.308 e.